The summed E-state index contributed by atoms with van der Waals surface area (Å²) < 4.78 is 78.5. The van der Waals surface area contributed by atoms with Gasteiger partial charge in [-0.15, -0.1) is 0 Å². The van der Waals surface area contributed by atoms with Crippen LogP contribution >= 0.6 is 23.2 Å². The van der Waals surface area contributed by atoms with Crippen LogP contribution in [0.4, 0.5) is 26.3 Å². The number of halogens is 8. The van der Waals surface area contributed by atoms with Gasteiger partial charge in [0.2, 0.25) is 0 Å². The van der Waals surface area contributed by atoms with Crippen LogP contribution in [0, 0.1) is 0 Å². The van der Waals surface area contributed by atoms with Gasteiger partial charge in [-0.2, -0.15) is 26.3 Å². The molecule has 1 nitrogen and oxygen atoms in total. The largest absolute Gasteiger partial charge is 1.00 e. The number of hydrogen-bond donors (Lipinski definition) is 0. The molecule has 5 aromatic carbocycles. The number of pyridine rings is 1. The van der Waals surface area contributed by atoms with Crippen LogP contribution in [0.3, 0.4) is 0 Å². The summed E-state index contributed by atoms with van der Waals surface area (Å²) in [6, 6.07) is 45.0. The highest BCUT2D eigenvalue weighted by Crippen LogP contribution is 2.58. The minimum atomic E-state index is -4.36. The molecule has 0 saturated heterocycles. The summed E-state index contributed by atoms with van der Waals surface area (Å²) in [7, 11) is -2.21. The molecule has 50 heavy (non-hydrogen) atoms. The van der Waals surface area contributed by atoms with E-state index >= 15 is 0 Å². The standard InChI is InChI=1S/C26H21F3P.C14H9BrF3N.BrH/c27-26(28,29)22-12-10-11-21(19-22)20-30(23-13-4-1-5-14-23,24-15-6-2-7-16-24)25-17-8-3-9-18-25;15-13-9-11(6-7-19-13)5-4-10-2-1-3-12(8-10)14(16,17)18;/h1-19H,20H2;1-9H;1H/q+1;;/p-1. The highest BCUT2D eigenvalue weighted by molar-refractivity contribution is 9.10. The van der Waals surface area contributed by atoms with E-state index in [1.165, 1.54) is 18.2 Å². The van der Waals surface area contributed by atoms with E-state index in [2.05, 4.69) is 57.3 Å². The van der Waals surface area contributed by atoms with Crippen LogP contribution in [0.15, 0.2) is 162 Å². The van der Waals surface area contributed by atoms with Crippen molar-refractivity contribution in [1.82, 2.24) is 4.98 Å². The van der Waals surface area contributed by atoms with Crippen molar-refractivity contribution in [3.05, 3.63) is 190 Å². The maximum atomic E-state index is 13.4. The highest BCUT2D eigenvalue weighted by atomic mass is 79.9. The number of aromatic nitrogens is 1. The quantitative estimate of drug-likeness (QED) is 0.0899. The van der Waals surface area contributed by atoms with Crippen LogP contribution in [0.5, 0.6) is 0 Å². The zero-order chi connectivity index (χ0) is 34.9. The molecule has 0 radical (unpaired) electrons. The normalized spacial score (nSPS) is 11.7. The SMILES string of the molecule is FC(F)(F)c1cccc(C=Cc2ccnc(Br)c2)c1.FC(F)(F)c1cccc(C[P+](c2ccccc2)(c2ccccc2)c2ccccc2)c1.[Br-]. The van der Waals surface area contributed by atoms with Gasteiger partial charge < -0.3 is 17.0 Å². The summed E-state index contributed by atoms with van der Waals surface area (Å²) in [6.07, 6.45) is -3.16. The lowest BCUT2D eigenvalue weighted by Gasteiger charge is -2.28. The van der Waals surface area contributed by atoms with E-state index in [0.29, 0.717) is 21.9 Å². The first-order valence-corrected chi connectivity index (χ1v) is 17.9. The molecule has 0 unspecified atom stereocenters. The third kappa shape index (κ3) is 10.0. The minimum Gasteiger partial charge on any atom is -1.00 e. The molecule has 0 spiro atoms. The summed E-state index contributed by atoms with van der Waals surface area (Å²) in [6.45, 7) is 0. The molecule has 0 amide bonds. The third-order valence-corrected chi connectivity index (χ3v) is 12.5. The van der Waals surface area contributed by atoms with E-state index in [4.69, 9.17) is 0 Å². The average Bonchev–Trinajstić information content (AvgIpc) is 3.11. The Kier molecular flexibility index (Phi) is 13.4. The van der Waals surface area contributed by atoms with Crippen molar-refractivity contribution in [3.63, 3.8) is 0 Å². The zero-order valence-corrected chi connectivity index (χ0v) is 30.4. The second-order valence-electron chi connectivity index (χ2n) is 11.0. The first-order valence-electron chi connectivity index (χ1n) is 15.1. The van der Waals surface area contributed by atoms with Crippen molar-refractivity contribution >= 4 is 51.3 Å². The molecule has 10 heteroatoms. The molecule has 6 aromatic rings. The Morgan fingerprint density at radius 1 is 0.520 bits per heavy atom. The Balaban J connectivity index is 0.000000243. The van der Waals surface area contributed by atoms with Gasteiger partial charge in [-0.25, -0.2) is 4.98 Å². The first-order chi connectivity index (χ1) is 23.4. The van der Waals surface area contributed by atoms with Crippen molar-refractivity contribution in [2.75, 3.05) is 0 Å². The molecule has 0 saturated carbocycles. The Morgan fingerprint density at radius 3 is 1.42 bits per heavy atom. The van der Waals surface area contributed by atoms with Gasteiger partial charge in [0.25, 0.3) is 0 Å². The molecule has 0 fully saturated rings. The lowest BCUT2D eigenvalue weighted by atomic mass is 10.1. The molecule has 0 atom stereocenters. The molecular formula is C40H30Br2F6NP. The Labute approximate surface area is 307 Å². The van der Waals surface area contributed by atoms with Crippen molar-refractivity contribution in [1.29, 1.82) is 0 Å². The maximum absolute atomic E-state index is 13.4. The van der Waals surface area contributed by atoms with E-state index in [0.717, 1.165) is 39.7 Å². The van der Waals surface area contributed by atoms with E-state index in [-0.39, 0.29) is 17.0 Å². The van der Waals surface area contributed by atoms with Gasteiger partial charge in [-0.3, -0.25) is 0 Å². The lowest BCUT2D eigenvalue weighted by Crippen LogP contribution is -3.00. The fourth-order valence-corrected chi connectivity index (χ4v) is 10.0. The molecule has 0 aliphatic rings. The van der Waals surface area contributed by atoms with Gasteiger partial charge in [0.1, 0.15) is 27.8 Å². The first kappa shape index (κ1) is 38.8. The van der Waals surface area contributed by atoms with Crippen LogP contribution < -0.4 is 32.9 Å². The molecule has 1 heterocycles. The average molecular weight is 829 g/mol. The predicted molar refractivity (Wildman–Crippen MR) is 193 cm³/mol. The number of rotatable bonds is 7. The predicted octanol–water partition coefficient (Wildman–Crippen LogP) is 8.24. The van der Waals surface area contributed by atoms with Gasteiger partial charge in [-0.1, -0.05) is 91.0 Å². The lowest BCUT2D eigenvalue weighted by molar-refractivity contribution is -0.138. The van der Waals surface area contributed by atoms with Gasteiger partial charge in [-0.05, 0) is 105 Å². The van der Waals surface area contributed by atoms with Crippen molar-refractivity contribution < 1.29 is 43.3 Å². The fraction of sp³-hybridized carbons (Fsp3) is 0.0750. The second kappa shape index (κ2) is 17.3. The summed E-state index contributed by atoms with van der Waals surface area (Å²) in [5, 5.41) is 3.46. The highest BCUT2D eigenvalue weighted by Gasteiger charge is 2.45. The second-order valence-corrected chi connectivity index (χ2v) is 15.3. The minimum absolute atomic E-state index is 0. The summed E-state index contributed by atoms with van der Waals surface area (Å²) >= 11 is 3.23. The molecule has 6 rings (SSSR count). The van der Waals surface area contributed by atoms with Gasteiger partial charge in [0, 0.05) is 6.20 Å². The van der Waals surface area contributed by atoms with E-state index < -0.39 is 30.7 Å². The zero-order valence-electron chi connectivity index (χ0n) is 26.3. The van der Waals surface area contributed by atoms with E-state index in [9.17, 15) is 26.3 Å². The van der Waals surface area contributed by atoms with Crippen LogP contribution in [0.1, 0.15) is 27.8 Å². The molecule has 0 aliphatic carbocycles. The summed E-state index contributed by atoms with van der Waals surface area (Å²) in [5.74, 6) is 0. The number of benzene rings is 5. The summed E-state index contributed by atoms with van der Waals surface area (Å²) in [4.78, 5) is 3.98. The van der Waals surface area contributed by atoms with Crippen molar-refractivity contribution in [3.8, 4) is 0 Å². The third-order valence-electron chi connectivity index (χ3n) is 7.70. The van der Waals surface area contributed by atoms with Crippen molar-refractivity contribution in [2.45, 2.75) is 18.5 Å². The Hall–Kier alpha value is -4.04. The number of hydrogen-bond acceptors (Lipinski definition) is 1. The molecule has 0 N–H and O–H groups in total. The monoisotopic (exact) mass is 827 g/mol. The summed E-state index contributed by atoms with van der Waals surface area (Å²) in [5.41, 5.74) is 0.801. The van der Waals surface area contributed by atoms with Gasteiger partial charge in [0.05, 0.1) is 17.3 Å². The maximum Gasteiger partial charge on any atom is 0.416 e. The molecule has 1 aromatic heterocycles. The fourth-order valence-electron chi connectivity index (χ4n) is 5.42. The van der Waals surface area contributed by atoms with Crippen LogP contribution in [-0.4, -0.2) is 4.98 Å². The number of nitrogens with zero attached hydrogens (tertiary/aromatic N) is 1. The van der Waals surface area contributed by atoms with Gasteiger partial charge in [0.15, 0.2) is 0 Å². The Bertz CT molecular complexity index is 1890. The molecule has 0 bridgehead atoms. The molecule has 256 valence electrons. The van der Waals surface area contributed by atoms with E-state index in [1.54, 1.807) is 42.6 Å². The van der Waals surface area contributed by atoms with Crippen LogP contribution in [0.25, 0.3) is 12.2 Å². The van der Waals surface area contributed by atoms with Crippen LogP contribution in [0.2, 0.25) is 0 Å². The van der Waals surface area contributed by atoms with Gasteiger partial charge >= 0.3 is 12.4 Å². The van der Waals surface area contributed by atoms with Crippen molar-refractivity contribution in [2.24, 2.45) is 0 Å². The number of alkyl halides is 6. The van der Waals surface area contributed by atoms with Crippen LogP contribution in [-0.2, 0) is 18.5 Å². The molecule has 0 aliphatic heterocycles. The topological polar surface area (TPSA) is 12.9 Å². The Morgan fingerprint density at radius 2 is 0.960 bits per heavy atom. The molecular weight excluding hydrogens is 799 g/mol. The smallest absolute Gasteiger partial charge is 0.416 e. The van der Waals surface area contributed by atoms with E-state index in [1.807, 2.05) is 54.6 Å².